The highest BCUT2D eigenvalue weighted by molar-refractivity contribution is 5.59. The predicted molar refractivity (Wildman–Crippen MR) is 89.2 cm³/mol. The minimum absolute atomic E-state index is 0.0845. The van der Waals surface area contributed by atoms with Crippen LogP contribution in [-0.4, -0.2) is 35.6 Å². The lowest BCUT2D eigenvalue weighted by atomic mass is 10.2. The molecule has 0 aliphatic carbocycles. The Morgan fingerprint density at radius 1 is 1.19 bits per heavy atom. The van der Waals surface area contributed by atoms with Gasteiger partial charge in [0.05, 0.1) is 18.4 Å². The number of hydrogen-bond donors (Lipinski definition) is 1. The molecule has 0 saturated heterocycles. The molecule has 10 heteroatoms. The first-order valence-corrected chi connectivity index (χ1v) is 8.08. The third-order valence-corrected chi connectivity index (χ3v) is 3.67. The summed E-state index contributed by atoms with van der Waals surface area (Å²) in [7, 11) is 0. The Kier molecular flexibility index (Phi) is 4.92. The van der Waals surface area contributed by atoms with E-state index in [0.29, 0.717) is 18.7 Å². The summed E-state index contributed by atoms with van der Waals surface area (Å²) in [6, 6.07) is 2.49. The molecular weight excluding hydrogens is 347 g/mol. The van der Waals surface area contributed by atoms with E-state index in [9.17, 15) is 13.2 Å². The minimum atomic E-state index is -4.57. The molecule has 0 aliphatic heterocycles. The molecule has 1 N–H and O–H groups in total. The molecule has 3 rings (SSSR count). The fraction of sp³-hybridized carbons (Fsp3) is 0.375. The topological polar surface area (TPSA) is 73.5 Å². The summed E-state index contributed by atoms with van der Waals surface area (Å²) >= 11 is 0. The van der Waals surface area contributed by atoms with E-state index in [4.69, 9.17) is 0 Å². The standard InChI is InChI=1S/C16H18F3N7/c1-3-25-10-12(8-21-25)13-7-14(16(17,18)19)24-15(23-13)22-11(2)9-26-6-4-5-20-26/h4-8,10-11H,3,9H2,1-2H3,(H,22,23,24)/t11-/m1/s1. The van der Waals surface area contributed by atoms with E-state index >= 15 is 0 Å². The molecule has 0 fully saturated rings. The van der Waals surface area contributed by atoms with E-state index in [2.05, 4.69) is 25.5 Å². The molecule has 26 heavy (non-hydrogen) atoms. The molecule has 0 radical (unpaired) electrons. The van der Waals surface area contributed by atoms with Gasteiger partial charge in [0.25, 0.3) is 0 Å². The van der Waals surface area contributed by atoms with Crippen molar-refractivity contribution in [3.05, 3.63) is 42.6 Å². The maximum atomic E-state index is 13.2. The molecule has 138 valence electrons. The second-order valence-electron chi connectivity index (χ2n) is 5.82. The average molecular weight is 365 g/mol. The zero-order chi connectivity index (χ0) is 18.7. The summed E-state index contributed by atoms with van der Waals surface area (Å²) in [5, 5.41) is 11.1. The van der Waals surface area contributed by atoms with Crippen LogP contribution in [0.4, 0.5) is 19.1 Å². The van der Waals surface area contributed by atoms with Crippen LogP contribution in [0.3, 0.4) is 0 Å². The number of hydrogen-bond acceptors (Lipinski definition) is 5. The summed E-state index contributed by atoms with van der Waals surface area (Å²) in [6.45, 7) is 4.79. The van der Waals surface area contributed by atoms with E-state index < -0.39 is 11.9 Å². The number of rotatable bonds is 6. The van der Waals surface area contributed by atoms with Crippen LogP contribution in [0.5, 0.6) is 0 Å². The van der Waals surface area contributed by atoms with E-state index in [0.717, 1.165) is 6.07 Å². The highest BCUT2D eigenvalue weighted by Gasteiger charge is 2.34. The molecule has 0 bridgehead atoms. The van der Waals surface area contributed by atoms with Gasteiger partial charge in [0, 0.05) is 36.7 Å². The molecule has 3 aromatic heterocycles. The number of nitrogens with one attached hydrogen (secondary N) is 1. The van der Waals surface area contributed by atoms with Crippen molar-refractivity contribution in [2.75, 3.05) is 5.32 Å². The first kappa shape index (κ1) is 17.9. The fourth-order valence-electron chi connectivity index (χ4n) is 2.43. The Morgan fingerprint density at radius 3 is 2.62 bits per heavy atom. The lowest BCUT2D eigenvalue weighted by Crippen LogP contribution is -2.24. The van der Waals surface area contributed by atoms with Gasteiger partial charge in [0.15, 0.2) is 5.69 Å². The van der Waals surface area contributed by atoms with Gasteiger partial charge in [-0.1, -0.05) is 0 Å². The summed E-state index contributed by atoms with van der Waals surface area (Å²) in [5.41, 5.74) is -0.330. The van der Waals surface area contributed by atoms with Crippen LogP contribution < -0.4 is 5.32 Å². The molecule has 3 aromatic rings. The number of halogens is 3. The van der Waals surface area contributed by atoms with Gasteiger partial charge in [-0.25, -0.2) is 9.97 Å². The van der Waals surface area contributed by atoms with E-state index in [1.807, 2.05) is 13.8 Å². The summed E-state index contributed by atoms with van der Waals surface area (Å²) in [4.78, 5) is 7.85. The highest BCUT2D eigenvalue weighted by atomic mass is 19.4. The number of anilines is 1. The monoisotopic (exact) mass is 365 g/mol. The maximum Gasteiger partial charge on any atom is 0.433 e. The Morgan fingerprint density at radius 2 is 2.00 bits per heavy atom. The van der Waals surface area contributed by atoms with Gasteiger partial charge in [-0.3, -0.25) is 9.36 Å². The molecule has 0 unspecified atom stereocenters. The van der Waals surface area contributed by atoms with E-state index in [1.165, 1.54) is 6.20 Å². The molecule has 1 atom stereocenters. The summed E-state index contributed by atoms with van der Waals surface area (Å²) < 4.78 is 43.0. The van der Waals surface area contributed by atoms with Crippen LogP contribution in [0.2, 0.25) is 0 Å². The van der Waals surface area contributed by atoms with Gasteiger partial charge in [-0.15, -0.1) is 0 Å². The lowest BCUT2D eigenvalue weighted by molar-refractivity contribution is -0.141. The van der Waals surface area contributed by atoms with Crippen molar-refractivity contribution in [1.29, 1.82) is 0 Å². The van der Waals surface area contributed by atoms with Crippen molar-refractivity contribution in [2.24, 2.45) is 0 Å². The summed E-state index contributed by atoms with van der Waals surface area (Å²) in [6.07, 6.45) is 1.98. The Bertz CT molecular complexity index is 855. The largest absolute Gasteiger partial charge is 0.433 e. The highest BCUT2D eigenvalue weighted by Crippen LogP contribution is 2.31. The van der Waals surface area contributed by atoms with Gasteiger partial charge in [0.2, 0.25) is 5.95 Å². The van der Waals surface area contributed by atoms with Crippen LogP contribution in [0.25, 0.3) is 11.3 Å². The van der Waals surface area contributed by atoms with Crippen LogP contribution in [0.1, 0.15) is 19.5 Å². The van der Waals surface area contributed by atoms with Crippen molar-refractivity contribution >= 4 is 5.95 Å². The zero-order valence-corrected chi connectivity index (χ0v) is 14.3. The first-order valence-electron chi connectivity index (χ1n) is 8.08. The molecular formula is C16H18F3N7. The van der Waals surface area contributed by atoms with E-state index in [1.54, 1.807) is 34.0 Å². The second kappa shape index (κ2) is 7.14. The average Bonchev–Trinajstić information content (AvgIpc) is 3.24. The maximum absolute atomic E-state index is 13.2. The van der Waals surface area contributed by atoms with Crippen molar-refractivity contribution in [3.8, 4) is 11.3 Å². The van der Waals surface area contributed by atoms with Crippen molar-refractivity contribution in [2.45, 2.75) is 39.2 Å². The molecule has 0 aliphatic rings. The molecule has 3 heterocycles. The smallest absolute Gasteiger partial charge is 0.350 e. The van der Waals surface area contributed by atoms with Crippen LogP contribution in [-0.2, 0) is 19.3 Å². The van der Waals surface area contributed by atoms with Crippen molar-refractivity contribution < 1.29 is 13.2 Å². The molecule has 0 saturated carbocycles. The fourth-order valence-corrected chi connectivity index (χ4v) is 2.43. The zero-order valence-electron chi connectivity index (χ0n) is 14.3. The van der Waals surface area contributed by atoms with Crippen molar-refractivity contribution in [3.63, 3.8) is 0 Å². The third kappa shape index (κ3) is 4.19. The Labute approximate surface area is 147 Å². The number of aryl methyl sites for hydroxylation is 1. The number of alkyl halides is 3. The molecule has 0 spiro atoms. The van der Waals surface area contributed by atoms with Crippen LogP contribution >= 0.6 is 0 Å². The van der Waals surface area contributed by atoms with Crippen molar-refractivity contribution in [1.82, 2.24) is 29.5 Å². The van der Waals surface area contributed by atoms with Gasteiger partial charge >= 0.3 is 6.18 Å². The molecule has 0 aromatic carbocycles. The Hall–Kier alpha value is -2.91. The first-order chi connectivity index (χ1) is 12.3. The Balaban J connectivity index is 1.89. The van der Waals surface area contributed by atoms with Gasteiger partial charge in [0.1, 0.15) is 0 Å². The normalized spacial score (nSPS) is 13.0. The number of nitrogens with zero attached hydrogens (tertiary/aromatic N) is 6. The molecule has 7 nitrogen and oxygen atoms in total. The summed E-state index contributed by atoms with van der Waals surface area (Å²) in [5.74, 6) is -0.0845. The van der Waals surface area contributed by atoms with E-state index in [-0.39, 0.29) is 17.7 Å². The SMILES string of the molecule is CCn1cc(-c2cc(C(F)(F)F)nc(N[C@H](C)Cn3cccn3)n2)cn1. The molecule has 0 amide bonds. The third-order valence-electron chi connectivity index (χ3n) is 3.67. The second-order valence-corrected chi connectivity index (χ2v) is 5.82. The van der Waals surface area contributed by atoms with Crippen LogP contribution in [0.15, 0.2) is 36.9 Å². The lowest BCUT2D eigenvalue weighted by Gasteiger charge is -2.16. The number of aromatic nitrogens is 6. The van der Waals surface area contributed by atoms with Crippen LogP contribution in [0, 0.1) is 0 Å². The predicted octanol–water partition coefficient (Wildman–Crippen LogP) is 3.08. The minimum Gasteiger partial charge on any atom is -0.350 e. The van der Waals surface area contributed by atoms with Gasteiger partial charge in [-0.2, -0.15) is 23.4 Å². The quantitative estimate of drug-likeness (QED) is 0.727. The van der Waals surface area contributed by atoms with Gasteiger partial charge in [-0.05, 0) is 26.0 Å². The van der Waals surface area contributed by atoms with Gasteiger partial charge < -0.3 is 5.32 Å².